The van der Waals surface area contributed by atoms with Crippen molar-refractivity contribution in [1.82, 2.24) is 10.2 Å². The molecule has 2 rings (SSSR count). The van der Waals surface area contributed by atoms with E-state index in [0.29, 0.717) is 0 Å². The second-order valence-corrected chi connectivity index (χ2v) is 3.03. The van der Waals surface area contributed by atoms with E-state index >= 15 is 0 Å². The molecule has 0 N–H and O–H groups in total. The number of hydrogen-bond acceptors (Lipinski definition) is 3. The molecule has 3 nitrogen and oxygen atoms in total. The Kier molecular flexibility index (Phi) is 3.05. The van der Waals surface area contributed by atoms with Crippen LogP contribution in [0.25, 0.3) is 11.1 Å². The molecular weight excluding hydrogens is 214 g/mol. The fourth-order valence-electron chi connectivity index (χ4n) is 1.29. The highest BCUT2D eigenvalue weighted by Gasteiger charge is 2.04. The first-order valence-corrected chi connectivity index (χ1v) is 4.57. The number of alkyl halides is 2. The quantitative estimate of drug-likeness (QED) is 0.800. The number of halogens is 2. The molecule has 1 aromatic heterocycles. The van der Waals surface area contributed by atoms with Crippen LogP contribution >= 0.6 is 0 Å². The molecule has 0 radical (unpaired) electrons. The highest BCUT2D eigenvalue weighted by molar-refractivity contribution is 5.62. The molecule has 0 aliphatic carbocycles. The fraction of sp³-hybridized carbons (Fsp3) is 0.0909. The predicted molar refractivity (Wildman–Crippen MR) is 54.1 cm³/mol. The lowest BCUT2D eigenvalue weighted by molar-refractivity contribution is -0.0498. The number of aromatic nitrogens is 2. The Bertz CT molecular complexity index is 445. The Hall–Kier alpha value is -2.04. The Morgan fingerprint density at radius 3 is 2.25 bits per heavy atom. The molecule has 0 atom stereocenters. The molecule has 5 heteroatoms. The lowest BCUT2D eigenvalue weighted by Crippen LogP contribution is -2.01. The normalized spacial score (nSPS) is 10.4. The second-order valence-electron chi connectivity index (χ2n) is 3.03. The van der Waals surface area contributed by atoms with Crippen molar-refractivity contribution in [2.75, 3.05) is 0 Å². The van der Waals surface area contributed by atoms with Gasteiger partial charge in [-0.1, -0.05) is 12.1 Å². The van der Waals surface area contributed by atoms with Gasteiger partial charge in [-0.25, -0.2) is 0 Å². The number of benzene rings is 1. The van der Waals surface area contributed by atoms with Crippen LogP contribution in [0.4, 0.5) is 8.78 Å². The third kappa shape index (κ3) is 2.50. The SMILES string of the molecule is FC(F)Oc1ccc(-c2ccnnc2)cc1. The van der Waals surface area contributed by atoms with Gasteiger partial charge >= 0.3 is 6.61 Å². The monoisotopic (exact) mass is 222 g/mol. The van der Waals surface area contributed by atoms with Gasteiger partial charge in [0.2, 0.25) is 0 Å². The van der Waals surface area contributed by atoms with Crippen molar-refractivity contribution in [3.05, 3.63) is 42.7 Å². The third-order valence-electron chi connectivity index (χ3n) is 2.00. The van der Waals surface area contributed by atoms with Crippen LogP contribution < -0.4 is 4.74 Å². The zero-order valence-corrected chi connectivity index (χ0v) is 8.18. The maximum atomic E-state index is 11.9. The van der Waals surface area contributed by atoms with Crippen LogP contribution in [0.5, 0.6) is 5.75 Å². The smallest absolute Gasteiger partial charge is 0.387 e. The molecule has 2 aromatic rings. The highest BCUT2D eigenvalue weighted by atomic mass is 19.3. The summed E-state index contributed by atoms with van der Waals surface area (Å²) in [7, 11) is 0. The van der Waals surface area contributed by atoms with Crippen molar-refractivity contribution in [1.29, 1.82) is 0 Å². The average molecular weight is 222 g/mol. The van der Waals surface area contributed by atoms with Gasteiger partial charge in [-0.2, -0.15) is 19.0 Å². The standard InChI is InChI=1S/C11H8F2N2O/c12-11(13)16-10-3-1-8(2-4-10)9-5-6-14-15-7-9/h1-7,11H. The van der Waals surface area contributed by atoms with Crippen LogP contribution in [-0.2, 0) is 0 Å². The topological polar surface area (TPSA) is 35.0 Å². The van der Waals surface area contributed by atoms with E-state index in [1.54, 1.807) is 30.6 Å². The minimum absolute atomic E-state index is 0.140. The summed E-state index contributed by atoms with van der Waals surface area (Å²) in [6, 6.07) is 8.14. The van der Waals surface area contributed by atoms with Crippen LogP contribution in [0, 0.1) is 0 Å². The molecule has 1 heterocycles. The van der Waals surface area contributed by atoms with E-state index in [1.165, 1.54) is 12.1 Å². The third-order valence-corrected chi connectivity index (χ3v) is 2.00. The van der Waals surface area contributed by atoms with Crippen molar-refractivity contribution in [3.63, 3.8) is 0 Å². The highest BCUT2D eigenvalue weighted by Crippen LogP contribution is 2.21. The van der Waals surface area contributed by atoms with Crippen molar-refractivity contribution >= 4 is 0 Å². The van der Waals surface area contributed by atoms with Crippen molar-refractivity contribution in [2.45, 2.75) is 6.61 Å². The van der Waals surface area contributed by atoms with Gasteiger partial charge in [-0.15, -0.1) is 0 Å². The summed E-state index contributed by atoms with van der Waals surface area (Å²) in [4.78, 5) is 0. The van der Waals surface area contributed by atoms with Gasteiger partial charge in [0.1, 0.15) is 5.75 Å². The first-order valence-electron chi connectivity index (χ1n) is 4.57. The molecule has 0 unspecified atom stereocenters. The summed E-state index contributed by atoms with van der Waals surface area (Å²) >= 11 is 0. The Morgan fingerprint density at radius 1 is 0.938 bits per heavy atom. The summed E-state index contributed by atoms with van der Waals surface area (Å²) < 4.78 is 28.1. The van der Waals surface area contributed by atoms with E-state index in [0.717, 1.165) is 11.1 Å². The molecule has 0 spiro atoms. The van der Waals surface area contributed by atoms with Gasteiger partial charge in [0.05, 0.1) is 12.4 Å². The molecule has 0 amide bonds. The van der Waals surface area contributed by atoms with Crippen LogP contribution in [0.2, 0.25) is 0 Å². The van der Waals surface area contributed by atoms with Crippen LogP contribution in [0.3, 0.4) is 0 Å². The van der Waals surface area contributed by atoms with Gasteiger partial charge in [0.25, 0.3) is 0 Å². The maximum absolute atomic E-state index is 11.9. The zero-order chi connectivity index (χ0) is 11.4. The van der Waals surface area contributed by atoms with E-state index in [2.05, 4.69) is 14.9 Å². The Labute approximate surface area is 90.7 Å². The van der Waals surface area contributed by atoms with E-state index in [9.17, 15) is 8.78 Å². The maximum Gasteiger partial charge on any atom is 0.387 e. The Balaban J connectivity index is 2.20. The average Bonchev–Trinajstić information content (AvgIpc) is 2.30. The van der Waals surface area contributed by atoms with Gasteiger partial charge in [-0.3, -0.25) is 0 Å². The lowest BCUT2D eigenvalue weighted by Gasteiger charge is -2.05. The second kappa shape index (κ2) is 4.65. The lowest BCUT2D eigenvalue weighted by atomic mass is 10.1. The summed E-state index contributed by atoms with van der Waals surface area (Å²) in [5.74, 6) is 0.140. The van der Waals surface area contributed by atoms with Crippen LogP contribution in [0.15, 0.2) is 42.7 Å². The minimum atomic E-state index is -2.80. The molecule has 0 aliphatic rings. The molecule has 0 saturated carbocycles. The van der Waals surface area contributed by atoms with E-state index < -0.39 is 6.61 Å². The van der Waals surface area contributed by atoms with Crippen LogP contribution in [-0.4, -0.2) is 16.8 Å². The summed E-state index contributed by atoms with van der Waals surface area (Å²) in [5, 5.41) is 7.38. The molecule has 0 aliphatic heterocycles. The van der Waals surface area contributed by atoms with E-state index in [4.69, 9.17) is 0 Å². The molecule has 0 saturated heterocycles. The van der Waals surface area contributed by atoms with Crippen molar-refractivity contribution in [2.24, 2.45) is 0 Å². The zero-order valence-electron chi connectivity index (χ0n) is 8.18. The molecule has 0 fully saturated rings. The van der Waals surface area contributed by atoms with Crippen molar-refractivity contribution < 1.29 is 13.5 Å². The molecule has 0 bridgehead atoms. The van der Waals surface area contributed by atoms with Crippen LogP contribution in [0.1, 0.15) is 0 Å². The molecular formula is C11H8F2N2O. The molecule has 1 aromatic carbocycles. The van der Waals surface area contributed by atoms with Gasteiger partial charge in [-0.05, 0) is 23.8 Å². The van der Waals surface area contributed by atoms with Crippen molar-refractivity contribution in [3.8, 4) is 16.9 Å². The Morgan fingerprint density at radius 2 is 1.69 bits per heavy atom. The largest absolute Gasteiger partial charge is 0.435 e. The fourth-order valence-corrected chi connectivity index (χ4v) is 1.29. The number of hydrogen-bond donors (Lipinski definition) is 0. The number of rotatable bonds is 3. The van der Waals surface area contributed by atoms with Gasteiger partial charge in [0, 0.05) is 5.56 Å². The molecule has 16 heavy (non-hydrogen) atoms. The van der Waals surface area contributed by atoms with Gasteiger partial charge in [0.15, 0.2) is 0 Å². The van der Waals surface area contributed by atoms with Gasteiger partial charge < -0.3 is 4.74 Å². The summed E-state index contributed by atoms with van der Waals surface area (Å²) in [6.07, 6.45) is 3.17. The number of ether oxygens (including phenoxy) is 1. The first-order chi connectivity index (χ1) is 7.75. The predicted octanol–water partition coefficient (Wildman–Crippen LogP) is 2.75. The summed E-state index contributed by atoms with van der Waals surface area (Å²) in [6.45, 7) is -2.80. The minimum Gasteiger partial charge on any atom is -0.435 e. The first kappa shape index (κ1) is 10.5. The summed E-state index contributed by atoms with van der Waals surface area (Å²) in [5.41, 5.74) is 1.75. The number of nitrogens with zero attached hydrogens (tertiary/aromatic N) is 2. The van der Waals surface area contributed by atoms with E-state index in [-0.39, 0.29) is 5.75 Å². The van der Waals surface area contributed by atoms with E-state index in [1.807, 2.05) is 0 Å². The molecule has 82 valence electrons.